The number of hydrogen-bond acceptors (Lipinski definition) is 4. The maximum Gasteiger partial charge on any atom is 0.307 e. The van der Waals surface area contributed by atoms with E-state index in [1.54, 1.807) is 38.1 Å². The van der Waals surface area contributed by atoms with E-state index in [1.807, 2.05) is 19.0 Å². The SMILES string of the molecule is CN(C)CCNC(=O)c1ccc(NC(=O)[C@H]2[C@H](C(=O)O)C2(C)C)cc1. The van der Waals surface area contributed by atoms with Crippen molar-refractivity contribution in [3.05, 3.63) is 29.8 Å². The molecule has 1 aliphatic carbocycles. The molecule has 1 aromatic carbocycles. The Morgan fingerprint density at radius 3 is 2.20 bits per heavy atom. The molecule has 1 saturated carbocycles. The first-order chi connectivity index (χ1) is 11.6. The highest BCUT2D eigenvalue weighted by atomic mass is 16.4. The molecule has 2 amide bonds. The first kappa shape index (κ1) is 18.9. The van der Waals surface area contributed by atoms with Crippen molar-refractivity contribution in [2.75, 3.05) is 32.5 Å². The van der Waals surface area contributed by atoms with Crippen LogP contribution in [0.2, 0.25) is 0 Å². The molecule has 2 atom stereocenters. The second-order valence-corrected chi connectivity index (χ2v) is 7.24. The Bertz CT molecular complexity index is 667. The Labute approximate surface area is 147 Å². The summed E-state index contributed by atoms with van der Waals surface area (Å²) in [5, 5.41) is 14.7. The standard InChI is InChI=1S/C18H25N3O4/c1-18(2)13(14(18)17(24)25)16(23)20-12-7-5-11(6-8-12)15(22)19-9-10-21(3)4/h5-8,13-14H,9-10H2,1-4H3,(H,19,22)(H,20,23)(H,24,25)/t13-,14-/m1/s1. The van der Waals surface area contributed by atoms with Gasteiger partial charge in [-0.15, -0.1) is 0 Å². The van der Waals surface area contributed by atoms with Gasteiger partial charge in [0.05, 0.1) is 11.8 Å². The monoisotopic (exact) mass is 347 g/mol. The van der Waals surface area contributed by atoms with Crippen molar-refractivity contribution in [2.45, 2.75) is 13.8 Å². The van der Waals surface area contributed by atoms with Crippen molar-refractivity contribution in [2.24, 2.45) is 17.3 Å². The first-order valence-corrected chi connectivity index (χ1v) is 8.21. The van der Waals surface area contributed by atoms with Crippen LogP contribution in [0.15, 0.2) is 24.3 Å². The van der Waals surface area contributed by atoms with E-state index in [1.165, 1.54) is 0 Å². The summed E-state index contributed by atoms with van der Waals surface area (Å²) in [6.45, 7) is 4.86. The van der Waals surface area contributed by atoms with Gasteiger partial charge in [-0.25, -0.2) is 0 Å². The zero-order chi connectivity index (χ0) is 18.8. The van der Waals surface area contributed by atoms with Crippen molar-refractivity contribution in [1.29, 1.82) is 0 Å². The van der Waals surface area contributed by atoms with Gasteiger partial charge in [0.25, 0.3) is 5.91 Å². The Kier molecular flexibility index (Phi) is 5.47. The summed E-state index contributed by atoms with van der Waals surface area (Å²) in [7, 11) is 3.86. The number of aliphatic carboxylic acids is 1. The summed E-state index contributed by atoms with van der Waals surface area (Å²) in [4.78, 5) is 37.4. The molecule has 7 nitrogen and oxygen atoms in total. The van der Waals surface area contributed by atoms with Crippen molar-refractivity contribution in [3.8, 4) is 0 Å². The number of carbonyl (C=O) groups is 3. The van der Waals surface area contributed by atoms with E-state index in [-0.39, 0.29) is 11.8 Å². The number of hydrogen-bond donors (Lipinski definition) is 3. The van der Waals surface area contributed by atoms with Crippen molar-refractivity contribution in [3.63, 3.8) is 0 Å². The Morgan fingerprint density at radius 1 is 1.12 bits per heavy atom. The van der Waals surface area contributed by atoms with E-state index in [0.717, 1.165) is 6.54 Å². The van der Waals surface area contributed by atoms with Crippen LogP contribution in [-0.2, 0) is 9.59 Å². The Balaban J connectivity index is 1.91. The van der Waals surface area contributed by atoms with Crippen LogP contribution >= 0.6 is 0 Å². The number of nitrogens with one attached hydrogen (secondary N) is 2. The highest BCUT2D eigenvalue weighted by Gasteiger charge is 2.65. The molecule has 3 N–H and O–H groups in total. The van der Waals surface area contributed by atoms with Gasteiger partial charge in [0.1, 0.15) is 0 Å². The van der Waals surface area contributed by atoms with E-state index >= 15 is 0 Å². The topological polar surface area (TPSA) is 98.7 Å². The minimum atomic E-state index is -0.949. The van der Waals surface area contributed by atoms with Gasteiger partial charge in [-0.1, -0.05) is 13.8 Å². The van der Waals surface area contributed by atoms with E-state index in [9.17, 15) is 14.4 Å². The van der Waals surface area contributed by atoms with E-state index in [2.05, 4.69) is 10.6 Å². The summed E-state index contributed by atoms with van der Waals surface area (Å²) >= 11 is 0. The third-order valence-electron chi connectivity index (χ3n) is 4.64. The summed E-state index contributed by atoms with van der Waals surface area (Å²) in [6, 6.07) is 6.55. The molecule has 25 heavy (non-hydrogen) atoms. The number of benzene rings is 1. The molecule has 0 spiro atoms. The van der Waals surface area contributed by atoms with Crippen molar-refractivity contribution in [1.82, 2.24) is 10.2 Å². The van der Waals surface area contributed by atoms with Crippen LogP contribution in [0, 0.1) is 17.3 Å². The predicted octanol–water partition coefficient (Wildman–Crippen LogP) is 1.27. The molecule has 2 rings (SSSR count). The number of carboxylic acid groups (broad SMARTS) is 1. The number of carbonyl (C=O) groups excluding carboxylic acids is 2. The fraction of sp³-hybridized carbons (Fsp3) is 0.500. The fourth-order valence-corrected chi connectivity index (χ4v) is 3.01. The number of rotatable bonds is 7. The second-order valence-electron chi connectivity index (χ2n) is 7.24. The van der Waals surface area contributed by atoms with E-state index in [0.29, 0.717) is 17.8 Å². The lowest BCUT2D eigenvalue weighted by Crippen LogP contribution is -2.31. The summed E-state index contributed by atoms with van der Waals surface area (Å²) in [6.07, 6.45) is 0. The van der Waals surface area contributed by atoms with Gasteiger partial charge in [-0.3, -0.25) is 14.4 Å². The van der Waals surface area contributed by atoms with E-state index < -0.39 is 23.2 Å². The van der Waals surface area contributed by atoms with Gasteiger partial charge in [0, 0.05) is 24.3 Å². The molecule has 0 saturated heterocycles. The fourth-order valence-electron chi connectivity index (χ4n) is 3.01. The molecule has 0 heterocycles. The van der Waals surface area contributed by atoms with Crippen LogP contribution in [0.4, 0.5) is 5.69 Å². The summed E-state index contributed by atoms with van der Waals surface area (Å²) in [5.74, 6) is -2.63. The molecule has 7 heteroatoms. The molecular formula is C18H25N3O4. The average molecular weight is 347 g/mol. The average Bonchev–Trinajstić information content (AvgIpc) is 3.10. The number of anilines is 1. The maximum absolute atomic E-state index is 12.3. The normalized spacial score (nSPS) is 20.8. The molecule has 0 aromatic heterocycles. The van der Waals surface area contributed by atoms with Crippen molar-refractivity contribution >= 4 is 23.5 Å². The molecule has 1 aliphatic rings. The predicted molar refractivity (Wildman–Crippen MR) is 94.4 cm³/mol. The van der Waals surface area contributed by atoms with Crippen LogP contribution < -0.4 is 10.6 Å². The highest BCUT2D eigenvalue weighted by molar-refractivity contribution is 6.00. The zero-order valence-electron chi connectivity index (χ0n) is 15.0. The van der Waals surface area contributed by atoms with Gasteiger partial charge in [0.2, 0.25) is 5.91 Å². The van der Waals surface area contributed by atoms with Gasteiger partial charge in [-0.05, 0) is 43.8 Å². The smallest absolute Gasteiger partial charge is 0.307 e. The lowest BCUT2D eigenvalue weighted by atomic mass is 10.1. The van der Waals surface area contributed by atoms with Crippen LogP contribution in [0.3, 0.4) is 0 Å². The number of carboxylic acids is 1. The maximum atomic E-state index is 12.3. The largest absolute Gasteiger partial charge is 0.481 e. The minimum absolute atomic E-state index is 0.172. The summed E-state index contributed by atoms with van der Waals surface area (Å²) < 4.78 is 0. The van der Waals surface area contributed by atoms with Crippen LogP contribution in [0.1, 0.15) is 24.2 Å². The second kappa shape index (κ2) is 7.23. The Hall–Kier alpha value is -2.41. The quantitative estimate of drug-likeness (QED) is 0.690. The van der Waals surface area contributed by atoms with Gasteiger partial charge >= 0.3 is 5.97 Å². The van der Waals surface area contributed by atoms with Crippen LogP contribution in [0.5, 0.6) is 0 Å². The minimum Gasteiger partial charge on any atom is -0.481 e. The third kappa shape index (κ3) is 4.36. The van der Waals surface area contributed by atoms with E-state index in [4.69, 9.17) is 5.11 Å². The van der Waals surface area contributed by atoms with Gasteiger partial charge in [0.15, 0.2) is 0 Å². The number of likely N-dealkylation sites (N-methyl/N-ethyl adjacent to an activating group) is 1. The molecular weight excluding hydrogens is 322 g/mol. The number of amides is 2. The number of nitrogens with zero attached hydrogens (tertiary/aromatic N) is 1. The first-order valence-electron chi connectivity index (χ1n) is 8.21. The molecule has 0 unspecified atom stereocenters. The molecule has 0 bridgehead atoms. The lowest BCUT2D eigenvalue weighted by molar-refractivity contribution is -0.140. The van der Waals surface area contributed by atoms with Crippen LogP contribution in [-0.4, -0.2) is 55.0 Å². The van der Waals surface area contributed by atoms with Crippen LogP contribution in [0.25, 0.3) is 0 Å². The van der Waals surface area contributed by atoms with Crippen molar-refractivity contribution < 1.29 is 19.5 Å². The third-order valence-corrected chi connectivity index (χ3v) is 4.64. The molecule has 0 radical (unpaired) electrons. The molecule has 0 aliphatic heterocycles. The highest BCUT2D eigenvalue weighted by Crippen LogP contribution is 2.58. The molecule has 1 fully saturated rings. The Morgan fingerprint density at radius 2 is 1.72 bits per heavy atom. The molecule has 136 valence electrons. The van der Waals surface area contributed by atoms with Gasteiger partial charge < -0.3 is 20.6 Å². The molecule has 1 aromatic rings. The van der Waals surface area contributed by atoms with Gasteiger partial charge in [-0.2, -0.15) is 0 Å². The zero-order valence-corrected chi connectivity index (χ0v) is 15.0. The summed E-state index contributed by atoms with van der Waals surface area (Å²) in [5.41, 5.74) is 0.510. The lowest BCUT2D eigenvalue weighted by Gasteiger charge is -2.11.